The third-order valence-corrected chi connectivity index (χ3v) is 9.94. The van der Waals surface area contributed by atoms with E-state index in [0.717, 1.165) is 18.2 Å². The van der Waals surface area contributed by atoms with Crippen LogP contribution in [0.5, 0.6) is 0 Å². The minimum atomic E-state index is -4.59. The van der Waals surface area contributed by atoms with Crippen LogP contribution in [-0.2, 0) is 38.6 Å². The summed E-state index contributed by atoms with van der Waals surface area (Å²) < 4.78 is 127. The van der Waals surface area contributed by atoms with E-state index in [2.05, 4.69) is 45.9 Å². The average Bonchev–Trinajstić information content (AvgIpc) is 3.93. The van der Waals surface area contributed by atoms with Crippen molar-refractivity contribution in [3.63, 3.8) is 0 Å². The Kier molecular flexibility index (Phi) is 13.6. The van der Waals surface area contributed by atoms with Crippen molar-refractivity contribution in [3.05, 3.63) is 172 Å². The number of para-hydroxylation sites is 3. The Morgan fingerprint density at radius 1 is 0.493 bits per heavy atom. The van der Waals surface area contributed by atoms with Crippen molar-refractivity contribution in [1.82, 2.24) is 13.7 Å². The van der Waals surface area contributed by atoms with Crippen molar-refractivity contribution in [3.8, 4) is 6.07 Å². The minimum absolute atomic E-state index is 0. The zero-order valence-corrected chi connectivity index (χ0v) is 37.0. The van der Waals surface area contributed by atoms with Crippen LogP contribution in [0.1, 0.15) is 22.3 Å². The molecule has 9 nitrogen and oxygen atoms in total. The van der Waals surface area contributed by atoms with Crippen LogP contribution in [0.15, 0.2) is 109 Å². The minimum Gasteiger partial charge on any atom is -0.237 e. The first-order valence-electron chi connectivity index (χ1n) is 19.0. The summed E-state index contributed by atoms with van der Waals surface area (Å²) in [4.78, 5) is 5.99. The molecule has 0 aromatic heterocycles. The molecule has 6 aromatic carbocycles. The zero-order chi connectivity index (χ0) is 47.7. The molecule has 67 heavy (non-hydrogen) atoms. The summed E-state index contributed by atoms with van der Waals surface area (Å²) in [5.74, 6) is 0. The fourth-order valence-corrected chi connectivity index (χ4v) is 6.91. The number of fused-ring (bicyclic) bond motifs is 3. The summed E-state index contributed by atoms with van der Waals surface area (Å²) in [5, 5.41) is 8.97. The first-order chi connectivity index (χ1) is 31.2. The Balaban J connectivity index is 0.000000165. The average molecular weight is 1090 g/mol. The number of nitriles is 1. The van der Waals surface area contributed by atoms with E-state index in [0.29, 0.717) is 51.2 Å². The summed E-state index contributed by atoms with van der Waals surface area (Å²) >= 11 is 0. The van der Waals surface area contributed by atoms with Gasteiger partial charge in [0.1, 0.15) is 23.1 Å². The second-order valence-electron chi connectivity index (χ2n) is 14.2. The van der Waals surface area contributed by atoms with Crippen LogP contribution in [0.25, 0.3) is 9.69 Å². The van der Waals surface area contributed by atoms with E-state index in [-0.39, 0.29) is 20.1 Å². The van der Waals surface area contributed by atoms with E-state index in [1.54, 1.807) is 114 Å². The number of rotatable bonds is 3. The Hall–Kier alpha value is -8.05. The number of halogens is 9. The fraction of sp³-hybridized carbons (Fsp3) is 0.125. The predicted molar refractivity (Wildman–Crippen MR) is 224 cm³/mol. The van der Waals surface area contributed by atoms with Gasteiger partial charge >= 0.3 is 56.7 Å². The molecule has 3 aliphatic heterocycles. The molecule has 0 saturated carbocycles. The molecule has 0 fully saturated rings. The summed E-state index contributed by atoms with van der Waals surface area (Å²) in [6.45, 7) is 13.9. The quantitative estimate of drug-likeness (QED) is 0.0990. The summed E-state index contributed by atoms with van der Waals surface area (Å²) in [7, 11) is 5.00. The number of nitrogens with zero attached hydrogens (tertiary/aromatic N) is 9. The molecule has 0 N–H and O–H groups in total. The van der Waals surface area contributed by atoms with E-state index in [9.17, 15) is 39.5 Å². The summed E-state index contributed by atoms with van der Waals surface area (Å²) in [6, 6.07) is 46.7. The van der Waals surface area contributed by atoms with Gasteiger partial charge in [-0.1, -0.05) is 45.7 Å². The van der Waals surface area contributed by atoms with E-state index < -0.39 is 52.2 Å². The molecule has 330 valence electrons. The van der Waals surface area contributed by atoms with Crippen molar-refractivity contribution < 1.29 is 73.3 Å². The maximum absolute atomic E-state index is 13.1. The monoisotopic (exact) mass is 1090 g/mol. The first kappa shape index (κ1) is 48.4. The van der Waals surface area contributed by atoms with E-state index in [1.165, 1.54) is 31.9 Å². The second-order valence-corrected chi connectivity index (χ2v) is 14.2. The maximum Gasteiger partial charge on any atom is 3.00 e. The van der Waals surface area contributed by atoms with Crippen LogP contribution in [0.3, 0.4) is 0 Å². The van der Waals surface area contributed by atoms with Crippen LogP contribution in [-0.4, -0.2) is 52.9 Å². The molecule has 0 bridgehead atoms. The Bertz CT molecular complexity index is 2970. The molecule has 0 radical (unpaired) electrons. The topological polar surface area (TPSA) is 50.6 Å². The number of hydrogen-bond acceptors (Lipinski definition) is 1. The molecule has 0 saturated heterocycles. The van der Waals surface area contributed by atoms with Crippen LogP contribution in [0, 0.1) is 42.7 Å². The van der Waals surface area contributed by atoms with Crippen LogP contribution in [0.2, 0.25) is 0 Å². The molecular formula is C48H27F9IrN9+6. The van der Waals surface area contributed by atoms with Gasteiger partial charge in [0.15, 0.2) is 21.1 Å². The van der Waals surface area contributed by atoms with Crippen molar-refractivity contribution in [2.24, 2.45) is 0 Å². The molecular weight excluding hydrogens is 1070 g/mol. The van der Waals surface area contributed by atoms with Crippen LogP contribution in [0.4, 0.5) is 102 Å². The Morgan fingerprint density at radius 2 is 0.806 bits per heavy atom. The zero-order valence-electron chi connectivity index (χ0n) is 34.7. The fourth-order valence-electron chi connectivity index (χ4n) is 6.91. The van der Waals surface area contributed by atoms with Gasteiger partial charge in [-0.25, -0.2) is 9.69 Å². The molecule has 19 heteroatoms. The normalized spacial score (nSPS) is 13.0. The van der Waals surface area contributed by atoms with Gasteiger partial charge in [0.05, 0.1) is 35.4 Å². The molecule has 3 aliphatic rings. The predicted octanol–water partition coefficient (Wildman–Crippen LogP) is 12.4. The van der Waals surface area contributed by atoms with E-state index >= 15 is 0 Å². The van der Waals surface area contributed by atoms with Gasteiger partial charge in [0, 0.05) is 36.4 Å². The molecule has 0 atom stereocenters. The molecule has 0 amide bonds. The molecule has 0 aliphatic carbocycles. The Morgan fingerprint density at radius 3 is 1.07 bits per heavy atom. The SMILES string of the molecule is C[N+]1=C=[N+](c2[c-]cccc2)c2cc(C(F)(F)F)c(C#N)cc21.[C-]#[N+]c1cc2c(cc1C(F)(F)F)[N+](c1[c-]cccc1)=C=[N+]2C.[C-]#[N+]c1cc2c(cc1C(F)(F)F)[N+](c1[c-]cccc1)=C=[N+]2C.[Ir+3]. The summed E-state index contributed by atoms with van der Waals surface area (Å²) in [6.07, 6.45) is -13.8. The standard InChI is InChI=1S/3C16H9F3N3.Ir/c2*1-20-13-9-14-15(8-12(13)16(17,18)19)22(10-21(14)2)11-6-4-3-5-7-11;1-21-10-22(12-5-3-2-4-6-12)15-8-13(16(17,18)19)11(9-20)7-14(15)21;/h2*3-6,8-9H,2H3;2-5,7-8H,1H3;/q3*+1;+3. The number of alkyl halides is 9. The van der Waals surface area contributed by atoms with Gasteiger partial charge in [-0.3, -0.25) is 0 Å². The molecule has 0 spiro atoms. The van der Waals surface area contributed by atoms with Gasteiger partial charge in [-0.05, 0) is 0 Å². The molecule has 9 rings (SSSR count). The van der Waals surface area contributed by atoms with Crippen molar-refractivity contribution in [2.75, 3.05) is 21.1 Å². The van der Waals surface area contributed by atoms with Crippen LogP contribution < -0.4 is 13.7 Å². The van der Waals surface area contributed by atoms with Gasteiger partial charge < -0.3 is 0 Å². The second kappa shape index (κ2) is 18.8. The third kappa shape index (κ3) is 9.81. The molecule has 6 aromatic rings. The largest absolute Gasteiger partial charge is 3.00 e. The van der Waals surface area contributed by atoms with Gasteiger partial charge in [0.25, 0.3) is 34.1 Å². The smallest absolute Gasteiger partial charge is 0.237 e. The van der Waals surface area contributed by atoms with Gasteiger partial charge in [-0.15, -0.1) is 18.2 Å². The molecule has 3 heterocycles. The molecule has 0 unspecified atom stereocenters. The van der Waals surface area contributed by atoms with E-state index in [4.69, 9.17) is 18.4 Å². The van der Waals surface area contributed by atoms with Crippen molar-refractivity contribution >= 4 is 80.6 Å². The van der Waals surface area contributed by atoms with Gasteiger partial charge in [0.2, 0.25) is 11.4 Å². The summed E-state index contributed by atoms with van der Waals surface area (Å²) in [5.41, 5.74) is 0.0983. The first-order valence-corrected chi connectivity index (χ1v) is 19.0. The van der Waals surface area contributed by atoms with Gasteiger partial charge in [-0.2, -0.15) is 99.4 Å². The van der Waals surface area contributed by atoms with Crippen LogP contribution >= 0.6 is 0 Å². The maximum atomic E-state index is 13.1. The number of benzene rings is 6. The van der Waals surface area contributed by atoms with E-state index in [1.807, 2.05) is 0 Å². The van der Waals surface area contributed by atoms with Crippen molar-refractivity contribution in [1.29, 1.82) is 5.26 Å². The Labute approximate surface area is 389 Å². The van der Waals surface area contributed by atoms with Crippen molar-refractivity contribution in [2.45, 2.75) is 18.5 Å². The number of hydrogen-bond donors (Lipinski definition) is 0. The third-order valence-electron chi connectivity index (χ3n) is 9.94.